The Balaban J connectivity index is 0.791. The van der Waals surface area contributed by atoms with E-state index in [9.17, 15) is 10.5 Å². The smallest absolute Gasteiger partial charge is 0.0998 e. The van der Waals surface area contributed by atoms with E-state index in [0.29, 0.717) is 27.8 Å². The van der Waals surface area contributed by atoms with Gasteiger partial charge < -0.3 is 18.3 Å². The number of nitriles is 2. The highest BCUT2D eigenvalue weighted by atomic mass is 15.0. The van der Waals surface area contributed by atoms with Crippen LogP contribution in [0.1, 0.15) is 23.6 Å². The van der Waals surface area contributed by atoms with Gasteiger partial charge in [0, 0.05) is 77.0 Å². The van der Waals surface area contributed by atoms with E-state index < -0.39 is 0 Å². The van der Waals surface area contributed by atoms with Crippen LogP contribution in [0.3, 0.4) is 0 Å². The molecule has 14 rings (SSSR count). The number of para-hydroxylation sites is 6. The molecule has 350 valence electrons. The fourth-order valence-electron chi connectivity index (χ4n) is 11.8. The van der Waals surface area contributed by atoms with Gasteiger partial charge in [0.1, 0.15) is 0 Å². The second-order valence-electron chi connectivity index (χ2n) is 19.1. The minimum absolute atomic E-state index is 0.445. The lowest BCUT2D eigenvalue weighted by atomic mass is 9.91. The largest absolute Gasteiger partial charge is 0.310 e. The standard InChI is InChI=1S/C69H44N6/c1-3-48(72-66-26-14-8-20-56(66)60-40-50(34-36-68(60)72)74-62-22-10-4-16-52(62)53-17-5-11-23-63(53)74)31-28-44(2)58-38-47(43-71)59(39-46(58)42-70)45-29-32-49(33-30-45)73-67-27-15-9-21-57(67)61-41-51(35-37-69(61)73)75-64-24-12-6-18-54(64)55-19-7-13-25-65(55)75/h3-41H,2H2,1H3/b31-28-,48-3+. The number of allylic oxidation sites excluding steroid dienone is 5. The van der Waals surface area contributed by atoms with Gasteiger partial charge in [-0.3, -0.25) is 0 Å². The molecule has 0 aliphatic rings. The fourth-order valence-corrected chi connectivity index (χ4v) is 11.8. The molecule has 4 heterocycles. The number of fused-ring (bicyclic) bond motifs is 12. The quantitative estimate of drug-likeness (QED) is 0.142. The average molecular weight is 957 g/mol. The van der Waals surface area contributed by atoms with Crippen molar-refractivity contribution in [3.63, 3.8) is 0 Å². The van der Waals surface area contributed by atoms with E-state index in [1.807, 2.05) is 37.3 Å². The van der Waals surface area contributed by atoms with Crippen LogP contribution in [0.4, 0.5) is 0 Å². The molecule has 0 amide bonds. The first kappa shape index (κ1) is 43.4. The minimum atomic E-state index is 0.445. The third-order valence-corrected chi connectivity index (χ3v) is 15.2. The van der Waals surface area contributed by atoms with Gasteiger partial charge in [-0.1, -0.05) is 140 Å². The van der Waals surface area contributed by atoms with E-state index in [2.05, 4.69) is 243 Å². The molecular weight excluding hydrogens is 913 g/mol. The van der Waals surface area contributed by atoms with Crippen molar-refractivity contribution in [1.82, 2.24) is 18.3 Å². The van der Waals surface area contributed by atoms with Gasteiger partial charge >= 0.3 is 0 Å². The molecule has 0 radical (unpaired) electrons. The molecule has 75 heavy (non-hydrogen) atoms. The Hall–Kier alpha value is -10.4. The molecule has 0 atom stereocenters. The van der Waals surface area contributed by atoms with Crippen LogP contribution >= 0.6 is 0 Å². The van der Waals surface area contributed by atoms with Crippen LogP contribution in [0.2, 0.25) is 0 Å². The molecule has 14 aromatic rings. The molecule has 0 saturated heterocycles. The lowest BCUT2D eigenvalue weighted by Crippen LogP contribution is -1.97. The first-order chi connectivity index (χ1) is 37.0. The molecule has 10 aromatic carbocycles. The van der Waals surface area contributed by atoms with Crippen LogP contribution in [0.25, 0.3) is 127 Å². The summed E-state index contributed by atoms with van der Waals surface area (Å²) in [5, 5.41) is 30.9. The van der Waals surface area contributed by atoms with E-state index in [-0.39, 0.29) is 0 Å². The van der Waals surface area contributed by atoms with E-state index in [1.54, 1.807) is 0 Å². The molecular formula is C69H44N6. The molecule has 0 bridgehead atoms. The van der Waals surface area contributed by atoms with Gasteiger partial charge in [-0.15, -0.1) is 0 Å². The monoisotopic (exact) mass is 956 g/mol. The maximum Gasteiger partial charge on any atom is 0.0998 e. The number of hydrogen-bond acceptors (Lipinski definition) is 2. The lowest BCUT2D eigenvalue weighted by molar-refractivity contribution is 1.17. The van der Waals surface area contributed by atoms with Gasteiger partial charge in [0.25, 0.3) is 0 Å². The van der Waals surface area contributed by atoms with Crippen LogP contribution in [-0.4, -0.2) is 18.3 Å². The summed E-state index contributed by atoms with van der Waals surface area (Å²) in [5.41, 5.74) is 16.9. The SMILES string of the molecule is C=C(/C=C\C(=C/C)n1c2ccccc2c2cc(-n3c4ccccc4c4ccccc43)ccc21)c1cc(C#N)c(-c2ccc(-n3c4ccccc4c4cc(-n5c6ccccc6c6ccccc65)ccc43)cc2)cc1C#N. The van der Waals surface area contributed by atoms with E-state index in [1.165, 1.54) is 43.6 Å². The summed E-state index contributed by atoms with van der Waals surface area (Å²) in [6, 6.07) is 81.7. The maximum absolute atomic E-state index is 10.7. The molecule has 0 aliphatic heterocycles. The van der Waals surface area contributed by atoms with E-state index in [0.717, 1.165) is 71.9 Å². The number of aromatic nitrogens is 4. The van der Waals surface area contributed by atoms with Gasteiger partial charge in [0.05, 0.1) is 67.4 Å². The Morgan fingerprint density at radius 1 is 0.387 bits per heavy atom. The van der Waals surface area contributed by atoms with Crippen molar-refractivity contribution < 1.29 is 0 Å². The third kappa shape index (κ3) is 6.64. The Labute approximate surface area is 432 Å². The Morgan fingerprint density at radius 2 is 0.760 bits per heavy atom. The number of rotatable bonds is 8. The van der Waals surface area contributed by atoms with E-state index >= 15 is 0 Å². The van der Waals surface area contributed by atoms with Crippen LogP contribution in [0.15, 0.2) is 243 Å². The summed E-state index contributed by atoms with van der Waals surface area (Å²) in [6.45, 7) is 6.50. The van der Waals surface area contributed by atoms with Crippen molar-refractivity contribution in [3.05, 3.63) is 260 Å². The molecule has 0 spiro atoms. The summed E-state index contributed by atoms with van der Waals surface area (Å²) >= 11 is 0. The molecule has 0 N–H and O–H groups in total. The van der Waals surface area contributed by atoms with Crippen LogP contribution in [0.5, 0.6) is 0 Å². The Morgan fingerprint density at radius 3 is 1.24 bits per heavy atom. The predicted molar refractivity (Wildman–Crippen MR) is 312 cm³/mol. The van der Waals surface area contributed by atoms with Crippen molar-refractivity contribution in [3.8, 4) is 40.3 Å². The highest BCUT2D eigenvalue weighted by Gasteiger charge is 2.20. The van der Waals surface area contributed by atoms with Gasteiger partial charge in [0.2, 0.25) is 0 Å². The molecule has 6 nitrogen and oxygen atoms in total. The summed E-state index contributed by atoms with van der Waals surface area (Å²) in [4.78, 5) is 0. The zero-order valence-corrected chi connectivity index (χ0v) is 40.9. The zero-order valence-electron chi connectivity index (χ0n) is 40.9. The fraction of sp³-hybridized carbons (Fsp3) is 0.0145. The maximum atomic E-state index is 10.7. The van der Waals surface area contributed by atoms with Crippen molar-refractivity contribution in [1.29, 1.82) is 10.5 Å². The first-order valence-corrected chi connectivity index (χ1v) is 25.2. The summed E-state index contributed by atoms with van der Waals surface area (Å²) < 4.78 is 9.30. The Bertz CT molecular complexity index is 4770. The molecule has 6 heteroatoms. The Kier molecular flexibility index (Phi) is 9.91. The van der Waals surface area contributed by atoms with Crippen LogP contribution in [-0.2, 0) is 0 Å². The van der Waals surface area contributed by atoms with Crippen molar-refractivity contribution in [2.75, 3.05) is 0 Å². The second kappa shape index (κ2) is 17.1. The van der Waals surface area contributed by atoms with Gasteiger partial charge in [-0.25, -0.2) is 0 Å². The van der Waals surface area contributed by atoms with Gasteiger partial charge in [-0.05, 0) is 121 Å². The zero-order chi connectivity index (χ0) is 50.3. The summed E-state index contributed by atoms with van der Waals surface area (Å²) in [7, 11) is 0. The second-order valence-corrected chi connectivity index (χ2v) is 19.1. The summed E-state index contributed by atoms with van der Waals surface area (Å²) in [6.07, 6.45) is 6.10. The van der Waals surface area contributed by atoms with Gasteiger partial charge in [0.15, 0.2) is 0 Å². The molecule has 0 saturated carbocycles. The highest BCUT2D eigenvalue weighted by molar-refractivity contribution is 6.14. The minimum Gasteiger partial charge on any atom is -0.310 e. The lowest BCUT2D eigenvalue weighted by Gasteiger charge is -2.13. The molecule has 4 aromatic heterocycles. The normalized spacial score (nSPS) is 12.1. The summed E-state index contributed by atoms with van der Waals surface area (Å²) in [5.74, 6) is 0. The van der Waals surface area contributed by atoms with Crippen LogP contribution < -0.4 is 0 Å². The molecule has 0 unspecified atom stereocenters. The topological polar surface area (TPSA) is 67.3 Å². The van der Waals surface area contributed by atoms with Crippen molar-refractivity contribution >= 4 is 98.5 Å². The third-order valence-electron chi connectivity index (χ3n) is 15.2. The van der Waals surface area contributed by atoms with Crippen molar-refractivity contribution in [2.24, 2.45) is 0 Å². The van der Waals surface area contributed by atoms with Gasteiger partial charge in [-0.2, -0.15) is 10.5 Å². The average Bonchev–Trinajstić information content (AvgIpc) is 4.25. The first-order valence-electron chi connectivity index (χ1n) is 25.2. The predicted octanol–water partition coefficient (Wildman–Crippen LogP) is 17.6. The van der Waals surface area contributed by atoms with E-state index in [4.69, 9.17) is 0 Å². The highest BCUT2D eigenvalue weighted by Crippen LogP contribution is 2.40. The number of hydrogen-bond donors (Lipinski definition) is 0. The number of benzene rings is 10. The molecule has 0 aliphatic carbocycles. The number of nitrogens with zero attached hydrogens (tertiary/aromatic N) is 6. The molecule has 0 fully saturated rings. The van der Waals surface area contributed by atoms with Crippen LogP contribution in [0, 0.1) is 22.7 Å². The van der Waals surface area contributed by atoms with Crippen molar-refractivity contribution in [2.45, 2.75) is 6.92 Å².